The van der Waals surface area contributed by atoms with Gasteiger partial charge in [-0.2, -0.15) is 0 Å². The van der Waals surface area contributed by atoms with Crippen LogP contribution in [-0.4, -0.2) is 45.8 Å². The van der Waals surface area contributed by atoms with Crippen LogP contribution in [0.1, 0.15) is 39.3 Å². The Kier molecular flexibility index (Phi) is 7.92. The maximum atomic E-state index is 11.8. The largest absolute Gasteiger partial charge is 0.465 e. The van der Waals surface area contributed by atoms with E-state index in [1.807, 2.05) is 6.92 Å². The van der Waals surface area contributed by atoms with Gasteiger partial charge in [-0.15, -0.1) is 0 Å². The number of carbonyl (C=O) groups excluding carboxylic acids is 1. The van der Waals surface area contributed by atoms with Crippen molar-refractivity contribution < 1.29 is 23.7 Å². The molecule has 0 bridgehead atoms. The molecule has 0 amide bonds. The van der Waals surface area contributed by atoms with Crippen molar-refractivity contribution in [2.45, 2.75) is 51.5 Å². The molecule has 1 aliphatic rings. The van der Waals surface area contributed by atoms with Crippen molar-refractivity contribution in [3.05, 3.63) is 33.1 Å². The maximum absolute atomic E-state index is 11.8. The third-order valence-corrected chi connectivity index (χ3v) is 4.74. The average Bonchev–Trinajstić information content (AvgIpc) is 3.06. The van der Waals surface area contributed by atoms with Gasteiger partial charge in [0.05, 0.1) is 19.3 Å². The first-order chi connectivity index (χ1) is 12.4. The molecule has 1 aromatic rings. The zero-order valence-electron chi connectivity index (χ0n) is 14.7. The number of esters is 1. The van der Waals surface area contributed by atoms with Crippen molar-refractivity contribution in [1.82, 2.24) is 14.6 Å². The van der Waals surface area contributed by atoms with Gasteiger partial charge in [0, 0.05) is 12.3 Å². The molecule has 3 N–H and O–H groups in total. The highest BCUT2D eigenvalue weighted by Gasteiger charge is 2.28. The first kappa shape index (κ1) is 20.7. The van der Waals surface area contributed by atoms with Gasteiger partial charge < -0.3 is 18.9 Å². The molecule has 1 aromatic heterocycles. The summed E-state index contributed by atoms with van der Waals surface area (Å²) in [7, 11) is -2.01. The molecule has 146 valence electrons. The molecule has 0 radical (unpaired) electrons. The minimum atomic E-state index is -2.01. The van der Waals surface area contributed by atoms with Crippen LogP contribution in [0.2, 0.25) is 0 Å². The van der Waals surface area contributed by atoms with Gasteiger partial charge in [-0.25, -0.2) is 9.88 Å². The quantitative estimate of drug-likeness (QED) is 0.408. The molecule has 26 heavy (non-hydrogen) atoms. The number of carbonyl (C=O) groups is 1. The van der Waals surface area contributed by atoms with Gasteiger partial charge >= 0.3 is 11.7 Å². The van der Waals surface area contributed by atoms with Crippen molar-refractivity contribution >= 4 is 14.5 Å². The number of ether oxygens (including phenoxy) is 2. The summed E-state index contributed by atoms with van der Waals surface area (Å²) in [5.74, 6) is -0.452. The highest BCUT2D eigenvalue weighted by atomic mass is 31.2. The summed E-state index contributed by atoms with van der Waals surface area (Å²) in [6, 6.07) is 0.569. The average molecular weight is 389 g/mol. The number of nitrogens with one attached hydrogen (secondary N) is 2. The zero-order chi connectivity index (χ0) is 19.1. The fraction of sp³-hybridized carbons (Fsp3) is 0.667. The van der Waals surface area contributed by atoms with Gasteiger partial charge in [0.15, 0.2) is 0 Å². The Hall–Kier alpha value is -1.58. The Bertz CT molecular complexity index is 707. The number of H-pyrrole nitrogens is 1. The molecule has 0 saturated carbocycles. The zero-order valence-corrected chi connectivity index (χ0v) is 15.6. The fourth-order valence-corrected chi connectivity index (χ4v) is 3.22. The minimum Gasteiger partial charge on any atom is -0.465 e. The van der Waals surface area contributed by atoms with Crippen LogP contribution in [0.25, 0.3) is 0 Å². The van der Waals surface area contributed by atoms with E-state index < -0.39 is 38.0 Å². The van der Waals surface area contributed by atoms with Crippen molar-refractivity contribution in [3.8, 4) is 0 Å². The van der Waals surface area contributed by atoms with E-state index in [2.05, 4.69) is 10.1 Å². The van der Waals surface area contributed by atoms with Crippen LogP contribution in [0.15, 0.2) is 21.9 Å². The van der Waals surface area contributed by atoms with Gasteiger partial charge in [-0.1, -0.05) is 6.92 Å². The molecule has 0 spiro atoms. The summed E-state index contributed by atoms with van der Waals surface area (Å²) in [5.41, 5.74) is -0.998. The van der Waals surface area contributed by atoms with E-state index in [1.54, 1.807) is 6.92 Å². The first-order valence-corrected chi connectivity index (χ1v) is 9.63. The lowest BCUT2D eigenvalue weighted by Gasteiger charge is -2.19. The number of rotatable bonds is 9. The van der Waals surface area contributed by atoms with Crippen LogP contribution < -0.4 is 16.3 Å². The van der Waals surface area contributed by atoms with E-state index in [-0.39, 0.29) is 12.7 Å². The summed E-state index contributed by atoms with van der Waals surface area (Å²) in [6.45, 7) is 3.91. The summed E-state index contributed by atoms with van der Waals surface area (Å²) in [6.07, 6.45) is 2.53. The second-order valence-corrected chi connectivity index (χ2v) is 6.96. The van der Waals surface area contributed by atoms with Gasteiger partial charge in [-0.05, 0) is 26.2 Å². The smallest absolute Gasteiger partial charge is 0.330 e. The second kappa shape index (κ2) is 9.94. The topological polar surface area (TPSA) is 132 Å². The molecule has 0 aromatic carbocycles. The molecule has 1 saturated heterocycles. The normalized spacial score (nSPS) is 22.1. The Balaban J connectivity index is 1.75. The molecule has 11 heteroatoms. The molecular weight excluding hydrogens is 365 g/mol. The highest BCUT2D eigenvalue weighted by molar-refractivity contribution is 7.43. The monoisotopic (exact) mass is 389 g/mol. The van der Waals surface area contributed by atoms with Crippen LogP contribution in [0.4, 0.5) is 0 Å². The molecule has 1 aliphatic heterocycles. The fourth-order valence-electron chi connectivity index (χ4n) is 2.41. The molecular formula is C15H24N3O7P. The summed E-state index contributed by atoms with van der Waals surface area (Å²) in [5, 5.41) is 2.64. The van der Waals surface area contributed by atoms with Crippen LogP contribution in [0.3, 0.4) is 0 Å². The summed E-state index contributed by atoms with van der Waals surface area (Å²) < 4.78 is 17.3. The summed E-state index contributed by atoms with van der Waals surface area (Å²) >= 11 is 0. The first-order valence-electron chi connectivity index (χ1n) is 8.42. The lowest BCUT2D eigenvalue weighted by Crippen LogP contribution is -2.33. The van der Waals surface area contributed by atoms with E-state index in [4.69, 9.17) is 14.0 Å². The predicted octanol–water partition coefficient (Wildman–Crippen LogP) is 0.381. The number of hydrogen-bond acceptors (Lipinski definition) is 8. The number of hydrogen-bond donors (Lipinski definition) is 3. The number of aromatic amines is 1. The van der Waals surface area contributed by atoms with Gasteiger partial charge in [-0.3, -0.25) is 19.1 Å². The van der Waals surface area contributed by atoms with E-state index in [1.165, 1.54) is 16.8 Å². The molecule has 2 rings (SSSR count). The van der Waals surface area contributed by atoms with Crippen LogP contribution in [-0.2, 0) is 18.8 Å². The van der Waals surface area contributed by atoms with Crippen molar-refractivity contribution in [3.63, 3.8) is 0 Å². The van der Waals surface area contributed by atoms with E-state index in [9.17, 15) is 19.3 Å². The molecule has 0 aliphatic carbocycles. The van der Waals surface area contributed by atoms with Crippen molar-refractivity contribution in [2.24, 2.45) is 0 Å². The third-order valence-electron chi connectivity index (χ3n) is 3.74. The third kappa shape index (κ3) is 6.00. The molecule has 2 heterocycles. The Morgan fingerprint density at radius 2 is 2.31 bits per heavy atom. The van der Waals surface area contributed by atoms with Gasteiger partial charge in [0.25, 0.3) is 14.1 Å². The number of aromatic nitrogens is 2. The Morgan fingerprint density at radius 1 is 1.54 bits per heavy atom. The lowest BCUT2D eigenvalue weighted by molar-refractivity contribution is -0.145. The lowest BCUT2D eigenvalue weighted by atomic mass is 10.2. The van der Waals surface area contributed by atoms with Crippen molar-refractivity contribution in [1.29, 1.82) is 0 Å². The Morgan fingerprint density at radius 3 is 3.00 bits per heavy atom. The van der Waals surface area contributed by atoms with Crippen molar-refractivity contribution in [2.75, 3.05) is 13.2 Å². The van der Waals surface area contributed by atoms with Crippen LogP contribution >= 0.6 is 8.53 Å². The number of nitrogens with zero attached hydrogens (tertiary/aromatic N) is 1. The molecule has 4 unspecified atom stereocenters. The van der Waals surface area contributed by atoms with E-state index in [0.717, 1.165) is 6.42 Å². The van der Waals surface area contributed by atoms with Crippen LogP contribution in [0.5, 0.6) is 0 Å². The SMILES string of the molecule is CCCOC(=O)C(C)NP(O)OCC1CCC(n2ccc(=O)[nH]c2=O)O1. The molecule has 1 fully saturated rings. The van der Waals surface area contributed by atoms with E-state index in [0.29, 0.717) is 19.4 Å². The standard InChI is InChI=1S/C15H24N3O7P/c1-3-8-23-14(20)10(2)17-26(22)24-9-11-4-5-13(25-11)18-7-6-12(19)16-15(18)21/h6-7,10-11,13,17,22H,3-5,8-9H2,1-2H3,(H,16,19,21). The maximum Gasteiger partial charge on any atom is 0.330 e. The summed E-state index contributed by atoms with van der Waals surface area (Å²) in [4.78, 5) is 46.6. The van der Waals surface area contributed by atoms with Gasteiger partial charge in [0.2, 0.25) is 0 Å². The molecule has 4 atom stereocenters. The predicted molar refractivity (Wildman–Crippen MR) is 93.4 cm³/mol. The molecule has 10 nitrogen and oxygen atoms in total. The highest BCUT2D eigenvalue weighted by Crippen LogP contribution is 2.32. The second-order valence-electron chi connectivity index (χ2n) is 5.89. The minimum absolute atomic E-state index is 0.112. The van der Waals surface area contributed by atoms with Crippen LogP contribution in [0, 0.1) is 0 Å². The Labute approximate surface area is 151 Å². The van der Waals surface area contributed by atoms with E-state index >= 15 is 0 Å². The van der Waals surface area contributed by atoms with Gasteiger partial charge in [0.1, 0.15) is 12.3 Å².